The third kappa shape index (κ3) is 5.41. The predicted octanol–water partition coefficient (Wildman–Crippen LogP) is 0.736. The Balaban J connectivity index is 1.73. The zero-order valence-electron chi connectivity index (χ0n) is 18.7. The van der Waals surface area contributed by atoms with Gasteiger partial charge in [0, 0.05) is 64.4 Å². The number of piperazine rings is 2. The minimum atomic E-state index is -0.343. The summed E-state index contributed by atoms with van der Waals surface area (Å²) in [5.41, 5.74) is 0.607. The van der Waals surface area contributed by atoms with Gasteiger partial charge in [-0.3, -0.25) is 9.80 Å². The van der Waals surface area contributed by atoms with Crippen LogP contribution in [0.3, 0.4) is 0 Å². The fraction of sp³-hybridized carbons (Fsp3) is 0.727. The molecule has 0 amide bonds. The van der Waals surface area contributed by atoms with Crippen LogP contribution < -0.4 is 9.80 Å². The number of aromatic nitrogens is 1. The fourth-order valence-corrected chi connectivity index (χ4v) is 4.56. The van der Waals surface area contributed by atoms with Crippen molar-refractivity contribution < 1.29 is 10.2 Å². The molecule has 0 radical (unpaired) electrons. The Morgan fingerprint density at radius 2 is 1.50 bits per heavy atom. The van der Waals surface area contributed by atoms with Crippen molar-refractivity contribution >= 4 is 11.6 Å². The van der Waals surface area contributed by atoms with Gasteiger partial charge in [0.05, 0.1) is 17.8 Å². The molecule has 0 bridgehead atoms. The van der Waals surface area contributed by atoms with Crippen LogP contribution in [-0.4, -0.2) is 102 Å². The maximum atomic E-state index is 9.72. The Morgan fingerprint density at radius 1 is 0.967 bits per heavy atom. The molecule has 166 valence electrons. The van der Waals surface area contributed by atoms with Crippen LogP contribution in [0.4, 0.5) is 11.6 Å². The maximum absolute atomic E-state index is 9.72. The largest absolute Gasteiger partial charge is 0.392 e. The van der Waals surface area contributed by atoms with E-state index in [0.29, 0.717) is 24.7 Å². The van der Waals surface area contributed by atoms with Crippen LogP contribution in [0.15, 0.2) is 12.1 Å². The second-order valence-electron chi connectivity index (χ2n) is 8.93. The molecule has 2 aliphatic rings. The molecule has 0 aromatic carbocycles. The van der Waals surface area contributed by atoms with Crippen LogP contribution in [0.5, 0.6) is 0 Å². The normalized spacial score (nSPS) is 25.8. The van der Waals surface area contributed by atoms with Gasteiger partial charge in [-0.25, -0.2) is 4.98 Å². The van der Waals surface area contributed by atoms with Crippen LogP contribution in [-0.2, 0) is 0 Å². The molecule has 4 atom stereocenters. The number of pyridine rings is 1. The first kappa shape index (κ1) is 22.8. The highest BCUT2D eigenvalue weighted by Crippen LogP contribution is 2.26. The average Bonchev–Trinajstić information content (AvgIpc) is 2.70. The molecular weight excluding hydrogens is 380 g/mol. The minimum Gasteiger partial charge on any atom is -0.392 e. The van der Waals surface area contributed by atoms with Crippen LogP contribution in [0.2, 0.25) is 0 Å². The van der Waals surface area contributed by atoms with Crippen molar-refractivity contribution in [1.29, 1.82) is 5.26 Å². The number of hydrogen-bond donors (Lipinski definition) is 2. The van der Waals surface area contributed by atoms with Gasteiger partial charge < -0.3 is 20.0 Å². The molecule has 4 unspecified atom stereocenters. The number of nitrogens with zero attached hydrogens (tertiary/aromatic N) is 6. The molecule has 1 aromatic rings. The molecule has 30 heavy (non-hydrogen) atoms. The highest BCUT2D eigenvalue weighted by molar-refractivity contribution is 5.59. The van der Waals surface area contributed by atoms with Crippen LogP contribution in [0.25, 0.3) is 0 Å². The van der Waals surface area contributed by atoms with Crippen molar-refractivity contribution in [2.45, 2.75) is 52.0 Å². The van der Waals surface area contributed by atoms with E-state index in [9.17, 15) is 15.5 Å². The first-order chi connectivity index (χ1) is 14.3. The van der Waals surface area contributed by atoms with Crippen molar-refractivity contribution in [2.24, 2.45) is 0 Å². The SMILES string of the molecule is CC(O)CN1CCN(c2ccc(C#N)c(N3CCN(CC(C)O)C(C)C3)n2)CC1C. The Kier molecular flexibility index (Phi) is 7.53. The van der Waals surface area contributed by atoms with Gasteiger partial charge in [-0.05, 0) is 39.8 Å². The van der Waals surface area contributed by atoms with Gasteiger partial charge in [-0.2, -0.15) is 5.26 Å². The molecule has 3 rings (SSSR count). The average molecular weight is 417 g/mol. The van der Waals surface area contributed by atoms with E-state index in [-0.39, 0.29) is 18.2 Å². The first-order valence-electron chi connectivity index (χ1n) is 11.0. The number of hydrogen-bond acceptors (Lipinski definition) is 8. The van der Waals surface area contributed by atoms with Gasteiger partial charge in [-0.15, -0.1) is 0 Å². The Morgan fingerprint density at radius 3 is 2.00 bits per heavy atom. The lowest BCUT2D eigenvalue weighted by atomic mass is 10.1. The maximum Gasteiger partial charge on any atom is 0.149 e. The molecule has 2 fully saturated rings. The number of aliphatic hydroxyl groups excluding tert-OH is 2. The highest BCUT2D eigenvalue weighted by Gasteiger charge is 2.29. The predicted molar refractivity (Wildman–Crippen MR) is 119 cm³/mol. The van der Waals surface area contributed by atoms with E-state index in [4.69, 9.17) is 4.98 Å². The monoisotopic (exact) mass is 416 g/mol. The summed E-state index contributed by atoms with van der Waals surface area (Å²) in [6.45, 7) is 14.4. The summed E-state index contributed by atoms with van der Waals surface area (Å²) < 4.78 is 0. The Hall–Kier alpha value is -1.92. The molecular formula is C22H36N6O2. The van der Waals surface area contributed by atoms with Crippen LogP contribution >= 0.6 is 0 Å². The smallest absolute Gasteiger partial charge is 0.149 e. The van der Waals surface area contributed by atoms with E-state index in [1.807, 2.05) is 26.0 Å². The molecule has 1 aromatic heterocycles. The highest BCUT2D eigenvalue weighted by atomic mass is 16.3. The molecule has 0 spiro atoms. The van der Waals surface area contributed by atoms with Gasteiger partial charge in [-0.1, -0.05) is 0 Å². The summed E-state index contributed by atoms with van der Waals surface area (Å²) in [5.74, 6) is 1.67. The zero-order valence-corrected chi connectivity index (χ0v) is 18.7. The molecule has 2 N–H and O–H groups in total. The summed E-state index contributed by atoms with van der Waals surface area (Å²) in [6, 6.07) is 6.76. The Bertz CT molecular complexity index is 750. The second-order valence-corrected chi connectivity index (χ2v) is 8.93. The molecule has 0 aliphatic carbocycles. The molecule has 2 aliphatic heterocycles. The van der Waals surface area contributed by atoms with E-state index in [2.05, 4.69) is 39.5 Å². The second kappa shape index (κ2) is 9.92. The van der Waals surface area contributed by atoms with Crippen LogP contribution in [0, 0.1) is 11.3 Å². The summed E-state index contributed by atoms with van der Waals surface area (Å²) in [5, 5.41) is 29.1. The minimum absolute atomic E-state index is 0.286. The van der Waals surface area contributed by atoms with Gasteiger partial charge in [0.2, 0.25) is 0 Å². The molecule has 3 heterocycles. The third-order valence-corrected chi connectivity index (χ3v) is 6.13. The summed E-state index contributed by atoms with van der Waals surface area (Å²) in [6.07, 6.45) is -0.669. The molecule has 0 saturated carbocycles. The topological polar surface area (TPSA) is 90.1 Å². The van der Waals surface area contributed by atoms with Crippen molar-refractivity contribution in [3.05, 3.63) is 17.7 Å². The lowest BCUT2D eigenvalue weighted by Crippen LogP contribution is -2.54. The van der Waals surface area contributed by atoms with Gasteiger partial charge in [0.15, 0.2) is 0 Å². The third-order valence-electron chi connectivity index (χ3n) is 6.13. The standard InChI is InChI=1S/C22H36N6O2/c1-16-12-27(9-7-25(16)14-18(3)29)21-6-5-20(11-23)22(24-21)28-10-8-26(15-19(4)30)17(2)13-28/h5-6,16-19,29-30H,7-10,12-15H2,1-4H3. The number of anilines is 2. The van der Waals surface area contributed by atoms with Crippen molar-refractivity contribution in [3.63, 3.8) is 0 Å². The quantitative estimate of drug-likeness (QED) is 0.702. The molecule has 8 heteroatoms. The summed E-state index contributed by atoms with van der Waals surface area (Å²) >= 11 is 0. The summed E-state index contributed by atoms with van der Waals surface area (Å²) in [4.78, 5) is 14.0. The van der Waals surface area contributed by atoms with E-state index in [1.54, 1.807) is 0 Å². The number of nitriles is 1. The van der Waals surface area contributed by atoms with E-state index in [1.165, 1.54) is 0 Å². The van der Waals surface area contributed by atoms with E-state index >= 15 is 0 Å². The van der Waals surface area contributed by atoms with Crippen molar-refractivity contribution in [2.75, 3.05) is 62.2 Å². The van der Waals surface area contributed by atoms with E-state index < -0.39 is 0 Å². The van der Waals surface area contributed by atoms with Gasteiger partial charge >= 0.3 is 0 Å². The number of β-amino-alcohol motifs (C(OH)–C–C–N with tert-alkyl or cyclic N) is 2. The lowest BCUT2D eigenvalue weighted by Gasteiger charge is -2.42. The Labute approximate surface area is 180 Å². The van der Waals surface area contributed by atoms with Gasteiger partial charge in [0.1, 0.15) is 17.7 Å². The lowest BCUT2D eigenvalue weighted by molar-refractivity contribution is 0.0956. The zero-order chi connectivity index (χ0) is 21.8. The summed E-state index contributed by atoms with van der Waals surface area (Å²) in [7, 11) is 0. The van der Waals surface area contributed by atoms with Crippen molar-refractivity contribution in [1.82, 2.24) is 14.8 Å². The first-order valence-corrected chi connectivity index (χ1v) is 11.0. The molecule has 8 nitrogen and oxygen atoms in total. The number of aliphatic hydroxyl groups is 2. The number of rotatable bonds is 6. The van der Waals surface area contributed by atoms with Crippen molar-refractivity contribution in [3.8, 4) is 6.07 Å². The fourth-order valence-electron chi connectivity index (χ4n) is 4.56. The van der Waals surface area contributed by atoms with E-state index in [0.717, 1.165) is 50.9 Å². The van der Waals surface area contributed by atoms with Gasteiger partial charge in [0.25, 0.3) is 0 Å². The molecule has 2 saturated heterocycles. The van der Waals surface area contributed by atoms with Crippen LogP contribution in [0.1, 0.15) is 33.3 Å².